The highest BCUT2D eigenvalue weighted by Gasteiger charge is 2.24. The molecule has 1 aliphatic rings. The van der Waals surface area contributed by atoms with Crippen LogP contribution < -0.4 is 0 Å². The van der Waals surface area contributed by atoms with E-state index in [0.29, 0.717) is 25.2 Å². The van der Waals surface area contributed by atoms with Gasteiger partial charge in [-0.2, -0.15) is 0 Å². The van der Waals surface area contributed by atoms with Crippen LogP contribution in [0.2, 0.25) is 0 Å². The van der Waals surface area contributed by atoms with Crippen molar-refractivity contribution >= 4 is 15.9 Å². The number of hydrogen-bond acceptors (Lipinski definition) is 3. The summed E-state index contributed by atoms with van der Waals surface area (Å²) in [7, 11) is 0. The predicted octanol–water partition coefficient (Wildman–Crippen LogP) is 2.65. The first kappa shape index (κ1) is 13.0. The lowest BCUT2D eigenvalue weighted by Gasteiger charge is -2.10. The number of rotatable bonds is 5. The fraction of sp³-hybridized carbons (Fsp3) is 0.538. The van der Waals surface area contributed by atoms with Crippen LogP contribution in [-0.4, -0.2) is 30.9 Å². The molecule has 2 atom stereocenters. The van der Waals surface area contributed by atoms with E-state index in [2.05, 4.69) is 47.1 Å². The van der Waals surface area contributed by atoms with Crippen LogP contribution in [0.1, 0.15) is 11.1 Å². The van der Waals surface area contributed by atoms with Crippen LogP contribution in [0, 0.1) is 6.92 Å². The standard InChI is InChI=1S/C13H17BrO3/c1-10-2-4-11(5-3-10)7-15-8-12-9-16-13(6-14)17-12/h2-5,12-13H,6-9H2,1H3. The smallest absolute Gasteiger partial charge is 0.167 e. The summed E-state index contributed by atoms with van der Waals surface area (Å²) in [4.78, 5) is 0. The average Bonchev–Trinajstić information content (AvgIpc) is 2.80. The maximum absolute atomic E-state index is 5.62. The molecule has 0 amide bonds. The third-order valence-corrected chi connectivity index (χ3v) is 3.16. The van der Waals surface area contributed by atoms with Gasteiger partial charge in [-0.1, -0.05) is 45.8 Å². The molecule has 4 heteroatoms. The van der Waals surface area contributed by atoms with E-state index in [0.717, 1.165) is 0 Å². The van der Waals surface area contributed by atoms with Crippen molar-refractivity contribution in [3.8, 4) is 0 Å². The van der Waals surface area contributed by atoms with Crippen molar-refractivity contribution in [3.63, 3.8) is 0 Å². The molecule has 2 unspecified atom stereocenters. The summed E-state index contributed by atoms with van der Waals surface area (Å²) in [5.41, 5.74) is 2.45. The van der Waals surface area contributed by atoms with E-state index in [-0.39, 0.29) is 12.4 Å². The van der Waals surface area contributed by atoms with Crippen molar-refractivity contribution in [1.29, 1.82) is 0 Å². The summed E-state index contributed by atoms with van der Waals surface area (Å²) in [6.07, 6.45) is -0.0639. The first-order valence-electron chi connectivity index (χ1n) is 5.74. The van der Waals surface area contributed by atoms with E-state index < -0.39 is 0 Å². The van der Waals surface area contributed by atoms with Gasteiger partial charge in [0.1, 0.15) is 6.10 Å². The highest BCUT2D eigenvalue weighted by molar-refractivity contribution is 9.09. The molecule has 0 bridgehead atoms. The summed E-state index contributed by atoms with van der Waals surface area (Å²) >= 11 is 3.32. The number of hydrogen-bond donors (Lipinski definition) is 0. The molecule has 0 aromatic heterocycles. The minimum atomic E-state index is -0.122. The molecular formula is C13H17BrO3. The van der Waals surface area contributed by atoms with Gasteiger partial charge in [0, 0.05) is 0 Å². The zero-order valence-corrected chi connectivity index (χ0v) is 11.5. The van der Waals surface area contributed by atoms with Gasteiger partial charge in [-0.15, -0.1) is 0 Å². The SMILES string of the molecule is Cc1ccc(COCC2COC(CBr)O2)cc1. The van der Waals surface area contributed by atoms with Gasteiger partial charge in [-0.3, -0.25) is 0 Å². The minimum absolute atomic E-state index is 0.0583. The quantitative estimate of drug-likeness (QED) is 0.783. The van der Waals surface area contributed by atoms with Crippen molar-refractivity contribution in [2.45, 2.75) is 25.9 Å². The second-order valence-electron chi connectivity index (χ2n) is 4.18. The topological polar surface area (TPSA) is 27.7 Å². The third-order valence-electron chi connectivity index (χ3n) is 2.63. The Balaban J connectivity index is 1.68. The van der Waals surface area contributed by atoms with Gasteiger partial charge in [0.05, 0.1) is 25.2 Å². The summed E-state index contributed by atoms with van der Waals surface area (Å²) in [5, 5.41) is 0.710. The second kappa shape index (κ2) is 6.50. The fourth-order valence-corrected chi connectivity index (χ4v) is 2.01. The number of alkyl halides is 1. The Morgan fingerprint density at radius 3 is 2.76 bits per heavy atom. The first-order chi connectivity index (χ1) is 8.28. The van der Waals surface area contributed by atoms with E-state index in [4.69, 9.17) is 14.2 Å². The van der Waals surface area contributed by atoms with Crippen LogP contribution >= 0.6 is 15.9 Å². The van der Waals surface area contributed by atoms with Crippen molar-refractivity contribution in [1.82, 2.24) is 0 Å². The van der Waals surface area contributed by atoms with Crippen LogP contribution in [-0.2, 0) is 20.8 Å². The number of halogens is 1. The molecule has 17 heavy (non-hydrogen) atoms. The van der Waals surface area contributed by atoms with Gasteiger partial charge in [-0.25, -0.2) is 0 Å². The van der Waals surface area contributed by atoms with Gasteiger partial charge in [0.2, 0.25) is 0 Å². The fourth-order valence-electron chi connectivity index (χ4n) is 1.67. The molecule has 1 aromatic carbocycles. The third kappa shape index (κ3) is 4.07. The van der Waals surface area contributed by atoms with Crippen LogP contribution in [0.25, 0.3) is 0 Å². The monoisotopic (exact) mass is 300 g/mol. The molecule has 1 heterocycles. The molecule has 0 N–H and O–H groups in total. The molecule has 0 spiro atoms. The maximum Gasteiger partial charge on any atom is 0.167 e. The van der Waals surface area contributed by atoms with Gasteiger partial charge < -0.3 is 14.2 Å². The molecule has 2 rings (SSSR count). The molecule has 94 valence electrons. The number of benzene rings is 1. The van der Waals surface area contributed by atoms with E-state index in [9.17, 15) is 0 Å². The Labute approximate surface area is 110 Å². The van der Waals surface area contributed by atoms with E-state index in [1.54, 1.807) is 0 Å². The van der Waals surface area contributed by atoms with Crippen molar-refractivity contribution < 1.29 is 14.2 Å². The van der Waals surface area contributed by atoms with E-state index in [1.807, 2.05) is 0 Å². The van der Waals surface area contributed by atoms with E-state index >= 15 is 0 Å². The molecule has 3 nitrogen and oxygen atoms in total. The number of aryl methyl sites for hydroxylation is 1. The zero-order valence-electron chi connectivity index (χ0n) is 9.90. The predicted molar refractivity (Wildman–Crippen MR) is 69.2 cm³/mol. The summed E-state index contributed by atoms with van der Waals surface area (Å²) in [6.45, 7) is 3.90. The maximum atomic E-state index is 5.62. The molecule has 1 saturated heterocycles. The van der Waals surface area contributed by atoms with Crippen molar-refractivity contribution in [2.75, 3.05) is 18.5 Å². The second-order valence-corrected chi connectivity index (χ2v) is 4.82. The van der Waals surface area contributed by atoms with Gasteiger partial charge >= 0.3 is 0 Å². The Bertz CT molecular complexity index is 339. The van der Waals surface area contributed by atoms with Crippen molar-refractivity contribution in [3.05, 3.63) is 35.4 Å². The average molecular weight is 301 g/mol. The molecular weight excluding hydrogens is 284 g/mol. The van der Waals surface area contributed by atoms with Gasteiger partial charge in [0.15, 0.2) is 6.29 Å². The van der Waals surface area contributed by atoms with Crippen molar-refractivity contribution in [2.24, 2.45) is 0 Å². The number of ether oxygens (including phenoxy) is 3. The normalized spacial score (nSPS) is 24.1. The lowest BCUT2D eigenvalue weighted by atomic mass is 10.2. The van der Waals surface area contributed by atoms with Gasteiger partial charge in [0.25, 0.3) is 0 Å². The van der Waals surface area contributed by atoms with Crippen LogP contribution in [0.3, 0.4) is 0 Å². The molecule has 0 saturated carbocycles. The van der Waals surface area contributed by atoms with Gasteiger partial charge in [-0.05, 0) is 12.5 Å². The van der Waals surface area contributed by atoms with Crippen LogP contribution in [0.5, 0.6) is 0 Å². The summed E-state index contributed by atoms with van der Waals surface area (Å²) < 4.78 is 16.6. The van der Waals surface area contributed by atoms with E-state index in [1.165, 1.54) is 11.1 Å². The Morgan fingerprint density at radius 2 is 2.12 bits per heavy atom. The zero-order chi connectivity index (χ0) is 12.1. The lowest BCUT2D eigenvalue weighted by Crippen LogP contribution is -2.19. The molecule has 0 radical (unpaired) electrons. The Hall–Kier alpha value is -0.420. The highest BCUT2D eigenvalue weighted by atomic mass is 79.9. The molecule has 1 aliphatic heterocycles. The van der Waals surface area contributed by atoms with Crippen LogP contribution in [0.15, 0.2) is 24.3 Å². The van der Waals surface area contributed by atoms with Crippen LogP contribution in [0.4, 0.5) is 0 Å². The minimum Gasteiger partial charge on any atom is -0.374 e. The highest BCUT2D eigenvalue weighted by Crippen LogP contribution is 2.14. The molecule has 1 aromatic rings. The summed E-state index contributed by atoms with van der Waals surface area (Å²) in [6, 6.07) is 8.36. The summed E-state index contributed by atoms with van der Waals surface area (Å²) in [5.74, 6) is 0. The largest absolute Gasteiger partial charge is 0.374 e. The molecule has 0 aliphatic carbocycles. The Morgan fingerprint density at radius 1 is 1.35 bits per heavy atom. The molecule has 1 fully saturated rings. The first-order valence-corrected chi connectivity index (χ1v) is 6.86. The Kier molecular flexibility index (Phi) is 4.98. The lowest BCUT2D eigenvalue weighted by molar-refractivity contribution is -0.0560.